The molecule has 0 atom stereocenters. The molecule has 1 aromatic carbocycles. The van der Waals surface area contributed by atoms with E-state index in [1.807, 2.05) is 25.1 Å². The number of aromatic nitrogens is 2. The lowest BCUT2D eigenvalue weighted by Gasteiger charge is -2.03. The summed E-state index contributed by atoms with van der Waals surface area (Å²) < 4.78 is 2.19. The van der Waals surface area contributed by atoms with Crippen LogP contribution in [0.25, 0.3) is 11.0 Å². The molecular weight excluding hydrogens is 186 g/mol. The molecule has 15 heavy (non-hydrogen) atoms. The van der Waals surface area contributed by atoms with Gasteiger partial charge in [-0.3, -0.25) is 0 Å². The van der Waals surface area contributed by atoms with Crippen molar-refractivity contribution in [3.8, 4) is 6.07 Å². The van der Waals surface area contributed by atoms with Gasteiger partial charge in [-0.25, -0.2) is 4.98 Å². The summed E-state index contributed by atoms with van der Waals surface area (Å²) in [6.07, 6.45) is 1.09. The molecule has 0 bridgehead atoms. The summed E-state index contributed by atoms with van der Waals surface area (Å²) in [5.74, 6) is 1.02. The molecule has 76 valence electrons. The average Bonchev–Trinajstić information content (AvgIpc) is 2.55. The van der Waals surface area contributed by atoms with E-state index < -0.39 is 0 Å². The second-order valence-electron chi connectivity index (χ2n) is 3.63. The van der Waals surface area contributed by atoms with Crippen molar-refractivity contribution in [1.29, 1.82) is 5.26 Å². The van der Waals surface area contributed by atoms with Gasteiger partial charge >= 0.3 is 0 Å². The van der Waals surface area contributed by atoms with Crippen LogP contribution >= 0.6 is 0 Å². The van der Waals surface area contributed by atoms with Gasteiger partial charge in [0.15, 0.2) is 0 Å². The highest BCUT2D eigenvalue weighted by Crippen LogP contribution is 2.17. The van der Waals surface area contributed by atoms with Crippen molar-refractivity contribution in [2.45, 2.75) is 26.8 Å². The van der Waals surface area contributed by atoms with Crippen molar-refractivity contribution < 1.29 is 0 Å². The zero-order valence-corrected chi connectivity index (χ0v) is 8.99. The topological polar surface area (TPSA) is 41.6 Å². The Kier molecular flexibility index (Phi) is 2.42. The van der Waals surface area contributed by atoms with E-state index in [1.54, 1.807) is 0 Å². The Balaban J connectivity index is 2.64. The van der Waals surface area contributed by atoms with Gasteiger partial charge in [0.05, 0.1) is 22.7 Å². The molecular formula is C12H13N3. The first-order valence-electron chi connectivity index (χ1n) is 5.13. The van der Waals surface area contributed by atoms with E-state index in [-0.39, 0.29) is 0 Å². The number of hydrogen-bond donors (Lipinski definition) is 0. The molecule has 0 aliphatic heterocycles. The third-order valence-corrected chi connectivity index (χ3v) is 2.52. The average molecular weight is 199 g/mol. The van der Waals surface area contributed by atoms with Crippen molar-refractivity contribution in [2.75, 3.05) is 0 Å². The maximum Gasteiger partial charge on any atom is 0.106 e. The number of aryl methyl sites for hydroxylation is 2. The van der Waals surface area contributed by atoms with Gasteiger partial charge in [0, 0.05) is 6.54 Å². The summed E-state index contributed by atoms with van der Waals surface area (Å²) in [6.45, 7) is 5.13. The highest BCUT2D eigenvalue weighted by Gasteiger charge is 2.06. The largest absolute Gasteiger partial charge is 0.328 e. The van der Waals surface area contributed by atoms with Crippen LogP contribution in [0.5, 0.6) is 0 Å². The Bertz CT molecular complexity index is 532. The summed E-state index contributed by atoms with van der Waals surface area (Å²) in [7, 11) is 0. The highest BCUT2D eigenvalue weighted by atomic mass is 15.1. The fourth-order valence-corrected chi connectivity index (χ4v) is 1.83. The van der Waals surface area contributed by atoms with Crippen molar-refractivity contribution >= 4 is 11.0 Å². The second-order valence-corrected chi connectivity index (χ2v) is 3.63. The van der Waals surface area contributed by atoms with Crippen LogP contribution in [0.15, 0.2) is 18.2 Å². The van der Waals surface area contributed by atoms with Crippen LogP contribution in [-0.2, 0) is 6.54 Å². The second kappa shape index (κ2) is 3.74. The standard InChI is InChI=1S/C12H13N3/c1-3-6-15-9(2)14-11-7-10(8-13)4-5-12(11)15/h4-5,7H,3,6H2,1-2H3. The van der Waals surface area contributed by atoms with E-state index in [2.05, 4.69) is 22.5 Å². The molecule has 3 nitrogen and oxygen atoms in total. The van der Waals surface area contributed by atoms with Gasteiger partial charge in [-0.2, -0.15) is 5.26 Å². The Morgan fingerprint density at radius 2 is 2.27 bits per heavy atom. The summed E-state index contributed by atoms with van der Waals surface area (Å²) in [6, 6.07) is 7.79. The molecule has 0 spiro atoms. The zero-order chi connectivity index (χ0) is 10.8. The van der Waals surface area contributed by atoms with Crippen LogP contribution in [0, 0.1) is 18.3 Å². The summed E-state index contributed by atoms with van der Waals surface area (Å²) in [4.78, 5) is 4.45. The van der Waals surface area contributed by atoms with Gasteiger partial charge < -0.3 is 4.57 Å². The number of benzene rings is 1. The first-order valence-corrected chi connectivity index (χ1v) is 5.13. The fourth-order valence-electron chi connectivity index (χ4n) is 1.83. The van der Waals surface area contributed by atoms with Gasteiger partial charge in [-0.1, -0.05) is 6.92 Å². The van der Waals surface area contributed by atoms with E-state index >= 15 is 0 Å². The number of hydrogen-bond acceptors (Lipinski definition) is 2. The first kappa shape index (κ1) is 9.72. The monoisotopic (exact) mass is 199 g/mol. The van der Waals surface area contributed by atoms with Gasteiger partial charge in [0.1, 0.15) is 5.82 Å². The molecule has 0 unspecified atom stereocenters. The molecule has 1 heterocycles. The SMILES string of the molecule is CCCn1c(C)nc2cc(C#N)ccc21. The molecule has 2 aromatic rings. The summed E-state index contributed by atoms with van der Waals surface area (Å²) in [5, 5.41) is 8.79. The Hall–Kier alpha value is -1.82. The van der Waals surface area contributed by atoms with Gasteiger partial charge in [0.2, 0.25) is 0 Å². The van der Waals surface area contributed by atoms with Gasteiger partial charge in [-0.05, 0) is 31.5 Å². The van der Waals surface area contributed by atoms with Gasteiger partial charge in [0.25, 0.3) is 0 Å². The number of nitriles is 1. The van der Waals surface area contributed by atoms with E-state index in [0.29, 0.717) is 5.56 Å². The van der Waals surface area contributed by atoms with E-state index in [9.17, 15) is 0 Å². The number of nitrogens with zero attached hydrogens (tertiary/aromatic N) is 3. The quantitative estimate of drug-likeness (QED) is 0.746. The molecule has 0 fully saturated rings. The molecule has 2 rings (SSSR count). The van der Waals surface area contributed by atoms with Crippen LogP contribution in [0.4, 0.5) is 0 Å². The summed E-state index contributed by atoms with van der Waals surface area (Å²) in [5.41, 5.74) is 2.71. The molecule has 0 aliphatic rings. The maximum absolute atomic E-state index is 8.79. The third kappa shape index (κ3) is 1.59. The first-order chi connectivity index (χ1) is 7.26. The van der Waals surface area contributed by atoms with Crippen molar-refractivity contribution in [1.82, 2.24) is 9.55 Å². The lowest BCUT2D eigenvalue weighted by Crippen LogP contribution is -1.98. The summed E-state index contributed by atoms with van der Waals surface area (Å²) >= 11 is 0. The smallest absolute Gasteiger partial charge is 0.106 e. The zero-order valence-electron chi connectivity index (χ0n) is 8.99. The molecule has 0 saturated carbocycles. The van der Waals surface area contributed by atoms with Gasteiger partial charge in [-0.15, -0.1) is 0 Å². The minimum Gasteiger partial charge on any atom is -0.328 e. The maximum atomic E-state index is 8.79. The lowest BCUT2D eigenvalue weighted by atomic mass is 10.2. The Morgan fingerprint density at radius 3 is 2.93 bits per heavy atom. The predicted molar refractivity (Wildman–Crippen MR) is 59.5 cm³/mol. The third-order valence-electron chi connectivity index (χ3n) is 2.52. The normalized spacial score (nSPS) is 10.5. The molecule has 3 heteroatoms. The lowest BCUT2D eigenvalue weighted by molar-refractivity contribution is 0.676. The van der Waals surface area contributed by atoms with Crippen molar-refractivity contribution in [3.05, 3.63) is 29.6 Å². The number of fused-ring (bicyclic) bond motifs is 1. The minimum atomic E-state index is 0.670. The number of rotatable bonds is 2. The Morgan fingerprint density at radius 1 is 1.47 bits per heavy atom. The van der Waals surface area contributed by atoms with E-state index in [4.69, 9.17) is 5.26 Å². The van der Waals surface area contributed by atoms with Crippen molar-refractivity contribution in [3.63, 3.8) is 0 Å². The number of imidazole rings is 1. The van der Waals surface area contributed by atoms with Crippen LogP contribution in [0.2, 0.25) is 0 Å². The van der Waals surface area contributed by atoms with Crippen LogP contribution in [-0.4, -0.2) is 9.55 Å². The molecule has 0 saturated heterocycles. The van der Waals surface area contributed by atoms with Crippen LogP contribution in [0.3, 0.4) is 0 Å². The molecule has 1 aromatic heterocycles. The molecule has 0 radical (unpaired) electrons. The van der Waals surface area contributed by atoms with E-state index in [0.717, 1.165) is 29.8 Å². The van der Waals surface area contributed by atoms with Crippen LogP contribution < -0.4 is 0 Å². The molecule has 0 amide bonds. The van der Waals surface area contributed by atoms with Crippen molar-refractivity contribution in [2.24, 2.45) is 0 Å². The predicted octanol–water partition coefficient (Wildman–Crippen LogP) is 2.63. The fraction of sp³-hybridized carbons (Fsp3) is 0.333. The minimum absolute atomic E-state index is 0.670. The molecule has 0 aliphatic carbocycles. The van der Waals surface area contributed by atoms with E-state index in [1.165, 1.54) is 0 Å². The highest BCUT2D eigenvalue weighted by molar-refractivity contribution is 5.77. The Labute approximate surface area is 89.0 Å². The molecule has 0 N–H and O–H groups in total. The van der Waals surface area contributed by atoms with Crippen LogP contribution in [0.1, 0.15) is 24.7 Å².